The Labute approximate surface area is 110 Å². The molecule has 0 bridgehead atoms. The Balaban J connectivity index is 2.16. The van der Waals surface area contributed by atoms with Gasteiger partial charge >= 0.3 is 0 Å². The van der Waals surface area contributed by atoms with Crippen molar-refractivity contribution in [3.8, 4) is 0 Å². The Kier molecular flexibility index (Phi) is 7.18. The predicted octanol–water partition coefficient (Wildman–Crippen LogP) is 2.99. The molecule has 1 heterocycles. The summed E-state index contributed by atoms with van der Waals surface area (Å²) in [6.45, 7) is 9.88. The van der Waals surface area contributed by atoms with E-state index in [0.717, 1.165) is 44.1 Å². The van der Waals surface area contributed by atoms with Crippen LogP contribution >= 0.6 is 0 Å². The molecule has 0 saturated carbocycles. The van der Waals surface area contributed by atoms with Crippen LogP contribution < -0.4 is 10.6 Å². The third-order valence-electron chi connectivity index (χ3n) is 2.36. The highest BCUT2D eigenvalue weighted by Crippen LogP contribution is 2.12. The van der Waals surface area contributed by atoms with Crippen molar-refractivity contribution in [1.29, 1.82) is 0 Å². The van der Waals surface area contributed by atoms with Crippen LogP contribution in [0.15, 0.2) is 18.5 Å². The number of hydrogen-bond acceptors (Lipinski definition) is 4. The van der Waals surface area contributed by atoms with E-state index in [9.17, 15) is 0 Å². The van der Waals surface area contributed by atoms with E-state index in [4.69, 9.17) is 4.74 Å². The number of pyridine rings is 1. The highest BCUT2D eigenvalue weighted by molar-refractivity contribution is 5.53. The van der Waals surface area contributed by atoms with Crippen LogP contribution in [-0.2, 0) is 4.74 Å². The van der Waals surface area contributed by atoms with Crippen molar-refractivity contribution in [2.45, 2.75) is 27.2 Å². The number of nitrogens with one attached hydrogen (secondary N) is 2. The molecule has 4 heteroatoms. The van der Waals surface area contributed by atoms with Gasteiger partial charge in [-0.05, 0) is 25.3 Å². The molecule has 1 aromatic heterocycles. The molecule has 0 atom stereocenters. The summed E-state index contributed by atoms with van der Waals surface area (Å²) in [5.74, 6) is 0.610. The molecular formula is C14H25N3O. The largest absolute Gasteiger partial charge is 0.384 e. The molecule has 102 valence electrons. The zero-order valence-corrected chi connectivity index (χ0v) is 11.7. The SMILES string of the molecule is CCNc1cncc(NCCCOCC(C)C)c1. The highest BCUT2D eigenvalue weighted by atomic mass is 16.5. The lowest BCUT2D eigenvalue weighted by atomic mass is 10.2. The van der Waals surface area contributed by atoms with Crippen molar-refractivity contribution < 1.29 is 4.74 Å². The number of anilines is 2. The summed E-state index contributed by atoms with van der Waals surface area (Å²) >= 11 is 0. The molecule has 0 aliphatic rings. The molecule has 0 amide bonds. The van der Waals surface area contributed by atoms with Crippen LogP contribution in [0, 0.1) is 5.92 Å². The summed E-state index contributed by atoms with van der Waals surface area (Å²) in [4.78, 5) is 4.19. The fraction of sp³-hybridized carbons (Fsp3) is 0.643. The summed E-state index contributed by atoms with van der Waals surface area (Å²) in [6.07, 6.45) is 4.69. The first-order valence-electron chi connectivity index (χ1n) is 6.73. The fourth-order valence-electron chi connectivity index (χ4n) is 1.56. The van der Waals surface area contributed by atoms with E-state index in [-0.39, 0.29) is 0 Å². The summed E-state index contributed by atoms with van der Waals surface area (Å²) in [5, 5.41) is 6.59. The molecule has 0 saturated heterocycles. The second kappa shape index (κ2) is 8.75. The predicted molar refractivity (Wildman–Crippen MR) is 77.2 cm³/mol. The van der Waals surface area contributed by atoms with Crippen LogP contribution in [0.3, 0.4) is 0 Å². The normalized spacial score (nSPS) is 10.7. The van der Waals surface area contributed by atoms with Crippen LogP contribution in [-0.4, -0.2) is 31.3 Å². The second-order valence-electron chi connectivity index (χ2n) is 4.74. The fourth-order valence-corrected chi connectivity index (χ4v) is 1.56. The van der Waals surface area contributed by atoms with Gasteiger partial charge in [0, 0.05) is 26.3 Å². The van der Waals surface area contributed by atoms with E-state index in [1.807, 2.05) is 12.4 Å². The first-order chi connectivity index (χ1) is 8.72. The Bertz CT molecular complexity index is 329. The minimum atomic E-state index is 0.610. The van der Waals surface area contributed by atoms with Crippen LogP contribution in [0.1, 0.15) is 27.2 Å². The minimum absolute atomic E-state index is 0.610. The number of ether oxygens (including phenoxy) is 1. The number of hydrogen-bond donors (Lipinski definition) is 2. The van der Waals surface area contributed by atoms with Gasteiger partial charge in [-0.25, -0.2) is 0 Å². The molecule has 0 unspecified atom stereocenters. The molecule has 1 rings (SSSR count). The number of rotatable bonds is 9. The molecular weight excluding hydrogens is 226 g/mol. The minimum Gasteiger partial charge on any atom is -0.384 e. The van der Waals surface area contributed by atoms with Crippen molar-refractivity contribution in [2.75, 3.05) is 36.9 Å². The summed E-state index contributed by atoms with van der Waals surface area (Å²) in [7, 11) is 0. The lowest BCUT2D eigenvalue weighted by molar-refractivity contribution is 0.110. The number of nitrogens with zero attached hydrogens (tertiary/aromatic N) is 1. The van der Waals surface area contributed by atoms with E-state index < -0.39 is 0 Å². The average molecular weight is 251 g/mol. The van der Waals surface area contributed by atoms with Gasteiger partial charge < -0.3 is 15.4 Å². The number of aromatic nitrogens is 1. The Hall–Kier alpha value is -1.29. The average Bonchev–Trinajstić information content (AvgIpc) is 2.34. The van der Waals surface area contributed by atoms with E-state index in [1.54, 1.807) is 0 Å². The van der Waals surface area contributed by atoms with Crippen molar-refractivity contribution >= 4 is 11.4 Å². The van der Waals surface area contributed by atoms with Crippen molar-refractivity contribution in [2.24, 2.45) is 5.92 Å². The lowest BCUT2D eigenvalue weighted by Gasteiger charge is -2.09. The molecule has 0 aliphatic heterocycles. The molecule has 18 heavy (non-hydrogen) atoms. The second-order valence-corrected chi connectivity index (χ2v) is 4.74. The molecule has 2 N–H and O–H groups in total. The zero-order valence-electron chi connectivity index (χ0n) is 11.7. The van der Waals surface area contributed by atoms with Gasteiger partial charge in [0.2, 0.25) is 0 Å². The molecule has 0 fully saturated rings. The summed E-state index contributed by atoms with van der Waals surface area (Å²) in [5.41, 5.74) is 2.11. The van der Waals surface area contributed by atoms with Gasteiger partial charge in [-0.15, -0.1) is 0 Å². The monoisotopic (exact) mass is 251 g/mol. The summed E-state index contributed by atoms with van der Waals surface area (Å²) < 4.78 is 5.53. The molecule has 4 nitrogen and oxygen atoms in total. The van der Waals surface area contributed by atoms with Gasteiger partial charge in [0.15, 0.2) is 0 Å². The van der Waals surface area contributed by atoms with Crippen molar-refractivity contribution in [1.82, 2.24) is 4.98 Å². The third kappa shape index (κ3) is 6.45. The Morgan fingerprint density at radius 1 is 1.22 bits per heavy atom. The van der Waals surface area contributed by atoms with Crippen LogP contribution in [0.25, 0.3) is 0 Å². The van der Waals surface area contributed by atoms with Crippen molar-refractivity contribution in [3.63, 3.8) is 0 Å². The van der Waals surface area contributed by atoms with Gasteiger partial charge in [0.05, 0.1) is 23.8 Å². The first kappa shape index (κ1) is 14.8. The van der Waals surface area contributed by atoms with E-state index in [0.29, 0.717) is 5.92 Å². The molecule has 0 spiro atoms. The maximum absolute atomic E-state index is 5.53. The smallest absolute Gasteiger partial charge is 0.0547 e. The van der Waals surface area contributed by atoms with Gasteiger partial charge in [-0.1, -0.05) is 13.8 Å². The van der Waals surface area contributed by atoms with Crippen LogP contribution in [0.2, 0.25) is 0 Å². The molecule has 0 aliphatic carbocycles. The van der Waals surface area contributed by atoms with Crippen molar-refractivity contribution in [3.05, 3.63) is 18.5 Å². The summed E-state index contributed by atoms with van der Waals surface area (Å²) in [6, 6.07) is 2.07. The Morgan fingerprint density at radius 2 is 1.94 bits per heavy atom. The van der Waals surface area contributed by atoms with Crippen LogP contribution in [0.5, 0.6) is 0 Å². The topological polar surface area (TPSA) is 46.2 Å². The third-order valence-corrected chi connectivity index (χ3v) is 2.36. The van der Waals surface area contributed by atoms with Gasteiger partial charge in [0.25, 0.3) is 0 Å². The van der Waals surface area contributed by atoms with Gasteiger partial charge in [0.1, 0.15) is 0 Å². The van der Waals surface area contributed by atoms with Gasteiger partial charge in [-0.2, -0.15) is 0 Å². The quantitative estimate of drug-likeness (QED) is 0.662. The molecule has 0 aromatic carbocycles. The zero-order chi connectivity index (χ0) is 13.2. The lowest BCUT2D eigenvalue weighted by Crippen LogP contribution is -2.09. The highest BCUT2D eigenvalue weighted by Gasteiger charge is 1.96. The van der Waals surface area contributed by atoms with Crippen LogP contribution in [0.4, 0.5) is 11.4 Å². The van der Waals surface area contributed by atoms with Gasteiger partial charge in [-0.3, -0.25) is 4.98 Å². The molecule has 1 aromatic rings. The Morgan fingerprint density at radius 3 is 2.61 bits per heavy atom. The maximum atomic E-state index is 5.53. The first-order valence-corrected chi connectivity index (χ1v) is 6.73. The van der Waals surface area contributed by atoms with E-state index >= 15 is 0 Å². The van der Waals surface area contributed by atoms with E-state index in [2.05, 4.69) is 42.5 Å². The van der Waals surface area contributed by atoms with E-state index in [1.165, 1.54) is 0 Å². The standard InChI is InChI=1S/C14H25N3O/c1-4-16-13-8-14(10-15-9-13)17-6-5-7-18-11-12(2)3/h8-10,12,16-17H,4-7,11H2,1-3H3. The molecule has 0 radical (unpaired) electrons. The maximum Gasteiger partial charge on any atom is 0.0547 e.